The molecule has 2 amide bonds. The van der Waals surface area contributed by atoms with Crippen molar-refractivity contribution < 1.29 is 19.1 Å². The first-order valence-electron chi connectivity index (χ1n) is 9.57. The monoisotopic (exact) mass is 386 g/mol. The van der Waals surface area contributed by atoms with Gasteiger partial charge in [0, 0.05) is 18.5 Å². The minimum absolute atomic E-state index is 0.0230. The summed E-state index contributed by atoms with van der Waals surface area (Å²) >= 11 is 0. The lowest BCUT2D eigenvalue weighted by molar-refractivity contribution is 0.0402. The molecule has 0 radical (unpaired) electrons. The van der Waals surface area contributed by atoms with E-state index in [1.165, 1.54) is 0 Å². The number of benzene rings is 1. The van der Waals surface area contributed by atoms with Crippen LogP contribution in [0.3, 0.4) is 0 Å². The second-order valence-electron chi connectivity index (χ2n) is 8.39. The second kappa shape index (κ2) is 8.55. The molecule has 1 aromatic rings. The third-order valence-corrected chi connectivity index (χ3v) is 4.52. The van der Waals surface area contributed by atoms with E-state index in [0.29, 0.717) is 23.4 Å². The lowest BCUT2D eigenvalue weighted by Crippen LogP contribution is -2.49. The zero-order valence-corrected chi connectivity index (χ0v) is 17.5. The van der Waals surface area contributed by atoms with Crippen molar-refractivity contribution in [2.45, 2.75) is 59.3 Å². The third-order valence-electron chi connectivity index (χ3n) is 4.52. The van der Waals surface area contributed by atoms with Crippen molar-refractivity contribution in [1.29, 1.82) is 0 Å². The van der Waals surface area contributed by atoms with Crippen molar-refractivity contribution in [3.63, 3.8) is 0 Å². The maximum absolute atomic E-state index is 13.1. The molecule has 0 aliphatic carbocycles. The van der Waals surface area contributed by atoms with Crippen LogP contribution in [0.5, 0.6) is 5.75 Å². The van der Waals surface area contributed by atoms with Gasteiger partial charge in [0.15, 0.2) is 0 Å². The summed E-state index contributed by atoms with van der Waals surface area (Å²) in [6.07, 6.45) is 4.76. The van der Waals surface area contributed by atoms with Gasteiger partial charge in [-0.2, -0.15) is 0 Å². The number of hydrogen-bond acceptors (Lipinski definition) is 4. The van der Waals surface area contributed by atoms with E-state index in [1.807, 2.05) is 46.4 Å². The zero-order valence-electron chi connectivity index (χ0n) is 17.5. The van der Waals surface area contributed by atoms with E-state index in [4.69, 9.17) is 15.9 Å². The fourth-order valence-corrected chi connectivity index (χ4v) is 3.07. The van der Waals surface area contributed by atoms with Gasteiger partial charge in [-0.3, -0.25) is 4.79 Å². The quantitative estimate of drug-likeness (QED) is 0.808. The maximum Gasteiger partial charge on any atom is 0.407 e. The van der Waals surface area contributed by atoms with Crippen LogP contribution in [0.15, 0.2) is 18.2 Å². The van der Waals surface area contributed by atoms with Crippen LogP contribution < -0.4 is 10.1 Å². The molecule has 0 fully saturated rings. The van der Waals surface area contributed by atoms with Gasteiger partial charge in [-0.25, -0.2) is 4.79 Å². The SMILES string of the molecule is C#Cc1cccc2c1OC(CNC(=O)OC(C)(C)C)C(C)CN(C(C)C)C2=O. The summed E-state index contributed by atoms with van der Waals surface area (Å²) in [6, 6.07) is 5.25. The fourth-order valence-electron chi connectivity index (χ4n) is 3.07. The average Bonchev–Trinajstić information content (AvgIpc) is 2.59. The molecule has 0 saturated carbocycles. The highest BCUT2D eigenvalue weighted by Crippen LogP contribution is 2.30. The number of rotatable bonds is 3. The number of alkyl carbamates (subject to hydrolysis) is 1. The lowest BCUT2D eigenvalue weighted by Gasteiger charge is -2.37. The van der Waals surface area contributed by atoms with Crippen LogP contribution in [0.1, 0.15) is 57.5 Å². The van der Waals surface area contributed by atoms with E-state index < -0.39 is 11.7 Å². The molecule has 0 spiro atoms. The van der Waals surface area contributed by atoms with Gasteiger partial charge in [-0.1, -0.05) is 18.9 Å². The lowest BCUT2D eigenvalue weighted by atomic mass is 9.98. The zero-order chi connectivity index (χ0) is 21.1. The van der Waals surface area contributed by atoms with Crippen molar-refractivity contribution in [2.24, 2.45) is 5.92 Å². The Labute approximate surface area is 167 Å². The Bertz CT molecular complexity index is 774. The van der Waals surface area contributed by atoms with Crippen LogP contribution >= 0.6 is 0 Å². The Kier molecular flexibility index (Phi) is 6.60. The van der Waals surface area contributed by atoms with E-state index >= 15 is 0 Å². The number of nitrogens with one attached hydrogen (secondary N) is 1. The molecule has 1 N–H and O–H groups in total. The second-order valence-corrected chi connectivity index (χ2v) is 8.39. The molecule has 28 heavy (non-hydrogen) atoms. The van der Waals surface area contributed by atoms with Crippen molar-refractivity contribution in [3.8, 4) is 18.1 Å². The molecule has 1 aliphatic heterocycles. The first kappa shape index (κ1) is 21.6. The first-order chi connectivity index (χ1) is 13.0. The summed E-state index contributed by atoms with van der Waals surface area (Å²) in [7, 11) is 0. The van der Waals surface area contributed by atoms with Gasteiger partial charge < -0.3 is 19.7 Å². The third kappa shape index (κ3) is 5.19. The highest BCUT2D eigenvalue weighted by molar-refractivity contribution is 5.98. The molecule has 2 atom stereocenters. The average molecular weight is 386 g/mol. The molecule has 6 heteroatoms. The Morgan fingerprint density at radius 3 is 2.68 bits per heavy atom. The van der Waals surface area contributed by atoms with Gasteiger partial charge in [-0.15, -0.1) is 6.42 Å². The van der Waals surface area contributed by atoms with E-state index in [1.54, 1.807) is 18.2 Å². The first-order valence-corrected chi connectivity index (χ1v) is 9.57. The minimum atomic E-state index is -0.582. The maximum atomic E-state index is 13.1. The minimum Gasteiger partial charge on any atom is -0.486 e. The largest absolute Gasteiger partial charge is 0.486 e. The van der Waals surface area contributed by atoms with Crippen LogP contribution in [0.4, 0.5) is 4.79 Å². The summed E-state index contributed by atoms with van der Waals surface area (Å²) in [6.45, 7) is 12.1. The van der Waals surface area contributed by atoms with Gasteiger partial charge in [0.2, 0.25) is 0 Å². The number of amides is 2. The number of para-hydroxylation sites is 1. The highest BCUT2D eigenvalue weighted by atomic mass is 16.6. The Balaban J connectivity index is 2.33. The summed E-state index contributed by atoms with van der Waals surface area (Å²) < 4.78 is 11.5. The summed E-state index contributed by atoms with van der Waals surface area (Å²) in [5.41, 5.74) is 0.381. The van der Waals surface area contributed by atoms with Gasteiger partial charge in [0.05, 0.1) is 17.7 Å². The van der Waals surface area contributed by atoms with Crippen molar-refractivity contribution in [3.05, 3.63) is 29.3 Å². The molecule has 6 nitrogen and oxygen atoms in total. The number of carbonyl (C=O) groups is 2. The van der Waals surface area contributed by atoms with Crippen LogP contribution in [0.25, 0.3) is 0 Å². The van der Waals surface area contributed by atoms with E-state index in [9.17, 15) is 9.59 Å². The molecule has 0 saturated heterocycles. The van der Waals surface area contributed by atoms with E-state index in [-0.39, 0.29) is 30.5 Å². The highest BCUT2D eigenvalue weighted by Gasteiger charge is 2.33. The summed E-state index contributed by atoms with van der Waals surface area (Å²) in [4.78, 5) is 26.9. The van der Waals surface area contributed by atoms with Gasteiger partial charge in [0.25, 0.3) is 5.91 Å². The fraction of sp³-hybridized carbons (Fsp3) is 0.545. The van der Waals surface area contributed by atoms with E-state index in [0.717, 1.165) is 0 Å². The molecule has 0 bridgehead atoms. The van der Waals surface area contributed by atoms with Crippen molar-refractivity contribution in [1.82, 2.24) is 10.2 Å². The number of nitrogens with zero attached hydrogens (tertiary/aromatic N) is 1. The summed E-state index contributed by atoms with van der Waals surface area (Å²) in [5, 5.41) is 2.77. The number of hydrogen-bond donors (Lipinski definition) is 1. The molecular weight excluding hydrogens is 356 g/mol. The standard InChI is InChI=1S/C22H30N2O4/c1-8-16-10-9-11-17-19(16)27-18(12-23-21(26)28-22(5,6)7)15(4)13-24(14(2)3)20(17)25/h1,9-11,14-15,18H,12-13H2,2-7H3,(H,23,26). The smallest absolute Gasteiger partial charge is 0.407 e. The number of fused-ring (bicyclic) bond motifs is 1. The molecule has 1 heterocycles. The number of carbonyl (C=O) groups excluding carboxylic acids is 2. The topological polar surface area (TPSA) is 67.9 Å². The van der Waals surface area contributed by atoms with Crippen molar-refractivity contribution >= 4 is 12.0 Å². The van der Waals surface area contributed by atoms with Crippen LogP contribution in [0.2, 0.25) is 0 Å². The molecule has 2 rings (SSSR count). The van der Waals surface area contributed by atoms with Crippen LogP contribution in [-0.2, 0) is 4.74 Å². The predicted octanol–water partition coefficient (Wildman–Crippen LogP) is 3.44. The van der Waals surface area contributed by atoms with Crippen LogP contribution in [0, 0.1) is 18.3 Å². The predicted molar refractivity (Wildman–Crippen MR) is 108 cm³/mol. The molecular formula is C22H30N2O4. The van der Waals surface area contributed by atoms with Gasteiger partial charge in [0.1, 0.15) is 17.5 Å². The molecule has 2 unspecified atom stereocenters. The summed E-state index contributed by atoms with van der Waals surface area (Å²) in [5.74, 6) is 2.85. The molecule has 1 aromatic carbocycles. The Morgan fingerprint density at radius 1 is 1.43 bits per heavy atom. The normalized spacial score (nSPS) is 19.8. The van der Waals surface area contributed by atoms with E-state index in [2.05, 4.69) is 11.2 Å². The van der Waals surface area contributed by atoms with Gasteiger partial charge in [-0.05, 0) is 46.8 Å². The van der Waals surface area contributed by atoms with Gasteiger partial charge >= 0.3 is 6.09 Å². The molecule has 152 valence electrons. The molecule has 0 aromatic heterocycles. The van der Waals surface area contributed by atoms with Crippen molar-refractivity contribution in [2.75, 3.05) is 13.1 Å². The number of terminal acetylenes is 1. The van der Waals surface area contributed by atoms with Crippen LogP contribution in [-0.4, -0.2) is 47.7 Å². The number of ether oxygens (including phenoxy) is 2. The Hall–Kier alpha value is -2.68. The Morgan fingerprint density at radius 2 is 2.11 bits per heavy atom. The molecule has 1 aliphatic rings.